The number of nitrogens with zero attached hydrogens (tertiary/aromatic N) is 1. The highest BCUT2D eigenvalue weighted by atomic mass is 16.5. The zero-order valence-corrected chi connectivity index (χ0v) is 11.3. The van der Waals surface area contributed by atoms with Crippen molar-refractivity contribution in [2.75, 3.05) is 33.4 Å². The Kier molecular flexibility index (Phi) is 5.82. The number of carbonyl (C=O) groups is 1. The van der Waals surface area contributed by atoms with Gasteiger partial charge in [-0.15, -0.1) is 0 Å². The Labute approximate surface area is 108 Å². The first-order chi connectivity index (χ1) is 8.61. The van der Waals surface area contributed by atoms with Crippen LogP contribution in [0.5, 0.6) is 0 Å². The number of hydrogen-bond donors (Lipinski definition) is 1. The molecule has 0 unspecified atom stereocenters. The van der Waals surface area contributed by atoms with Gasteiger partial charge in [-0.05, 0) is 31.0 Å². The summed E-state index contributed by atoms with van der Waals surface area (Å²) in [6.45, 7) is 5.17. The van der Waals surface area contributed by atoms with E-state index in [4.69, 9.17) is 9.84 Å². The van der Waals surface area contributed by atoms with E-state index in [-0.39, 0.29) is 12.5 Å². The average Bonchev–Trinajstić information content (AvgIpc) is 2.37. The Morgan fingerprint density at radius 2 is 2.06 bits per heavy atom. The number of aryl methyl sites for hydroxylation is 1. The van der Waals surface area contributed by atoms with Gasteiger partial charge < -0.3 is 14.7 Å². The minimum Gasteiger partial charge on any atom is -0.395 e. The highest BCUT2D eigenvalue weighted by Gasteiger charge is 2.17. The molecule has 0 aromatic heterocycles. The Morgan fingerprint density at radius 3 is 2.67 bits per heavy atom. The molecule has 1 aromatic carbocycles. The average molecular weight is 251 g/mol. The summed E-state index contributed by atoms with van der Waals surface area (Å²) in [5.41, 5.74) is 2.78. The Hall–Kier alpha value is -1.39. The molecule has 0 aliphatic rings. The lowest BCUT2D eigenvalue weighted by atomic mass is 10.0. The third kappa shape index (κ3) is 3.55. The molecule has 1 aromatic rings. The van der Waals surface area contributed by atoms with Gasteiger partial charge in [-0.1, -0.05) is 12.1 Å². The van der Waals surface area contributed by atoms with E-state index in [1.807, 2.05) is 32.0 Å². The van der Waals surface area contributed by atoms with E-state index in [1.54, 1.807) is 12.0 Å². The van der Waals surface area contributed by atoms with E-state index in [2.05, 4.69) is 0 Å². The highest BCUT2D eigenvalue weighted by molar-refractivity contribution is 5.96. The molecular weight excluding hydrogens is 230 g/mol. The van der Waals surface area contributed by atoms with Gasteiger partial charge in [0.2, 0.25) is 0 Å². The molecule has 1 rings (SSSR count). The van der Waals surface area contributed by atoms with Gasteiger partial charge in [0.15, 0.2) is 0 Å². The van der Waals surface area contributed by atoms with Crippen molar-refractivity contribution in [2.45, 2.75) is 13.8 Å². The van der Waals surface area contributed by atoms with Crippen LogP contribution in [0.25, 0.3) is 0 Å². The van der Waals surface area contributed by atoms with E-state index in [0.29, 0.717) is 25.3 Å². The lowest BCUT2D eigenvalue weighted by Crippen LogP contribution is -2.36. The van der Waals surface area contributed by atoms with Gasteiger partial charge in [-0.2, -0.15) is 0 Å². The molecular formula is C14H21NO3. The lowest BCUT2D eigenvalue weighted by molar-refractivity contribution is 0.0655. The SMILES string of the molecule is COCCN(CCO)C(=O)c1cccc(C)c1C. The third-order valence-electron chi connectivity index (χ3n) is 3.06. The molecule has 18 heavy (non-hydrogen) atoms. The molecule has 0 saturated heterocycles. The molecule has 1 N–H and O–H groups in total. The standard InChI is InChI=1S/C14H21NO3/c1-11-5-4-6-13(12(11)2)14(17)15(7-9-16)8-10-18-3/h4-6,16H,7-10H2,1-3H3. The van der Waals surface area contributed by atoms with Gasteiger partial charge in [0.25, 0.3) is 5.91 Å². The van der Waals surface area contributed by atoms with E-state index >= 15 is 0 Å². The molecule has 0 aliphatic heterocycles. The molecule has 0 bridgehead atoms. The molecule has 100 valence electrons. The van der Waals surface area contributed by atoms with Crippen LogP contribution in [0.4, 0.5) is 0 Å². The number of amides is 1. The number of methoxy groups -OCH3 is 1. The number of carbonyl (C=O) groups excluding carboxylic acids is 1. The summed E-state index contributed by atoms with van der Waals surface area (Å²) >= 11 is 0. The Morgan fingerprint density at radius 1 is 1.33 bits per heavy atom. The molecule has 0 fully saturated rings. The first kappa shape index (κ1) is 14.7. The fraction of sp³-hybridized carbons (Fsp3) is 0.500. The number of benzene rings is 1. The molecule has 0 spiro atoms. The second kappa shape index (κ2) is 7.13. The summed E-state index contributed by atoms with van der Waals surface area (Å²) in [4.78, 5) is 14.0. The zero-order valence-electron chi connectivity index (χ0n) is 11.3. The van der Waals surface area contributed by atoms with Crippen LogP contribution in [0.15, 0.2) is 18.2 Å². The van der Waals surface area contributed by atoms with Crippen LogP contribution in [-0.4, -0.2) is 49.3 Å². The molecule has 0 saturated carbocycles. The van der Waals surface area contributed by atoms with E-state index in [9.17, 15) is 4.79 Å². The van der Waals surface area contributed by atoms with Gasteiger partial charge in [0, 0.05) is 25.8 Å². The van der Waals surface area contributed by atoms with Gasteiger partial charge >= 0.3 is 0 Å². The summed E-state index contributed by atoms with van der Waals surface area (Å²) in [6, 6.07) is 5.68. The number of ether oxygens (including phenoxy) is 1. The summed E-state index contributed by atoms with van der Waals surface area (Å²) in [5, 5.41) is 9.02. The van der Waals surface area contributed by atoms with Gasteiger partial charge in [-0.3, -0.25) is 4.79 Å². The molecule has 1 amide bonds. The molecule has 0 atom stereocenters. The third-order valence-corrected chi connectivity index (χ3v) is 3.06. The first-order valence-electron chi connectivity index (χ1n) is 6.07. The number of aliphatic hydroxyl groups is 1. The molecule has 4 heteroatoms. The van der Waals surface area contributed by atoms with Crippen LogP contribution >= 0.6 is 0 Å². The fourth-order valence-corrected chi connectivity index (χ4v) is 1.79. The first-order valence-corrected chi connectivity index (χ1v) is 6.07. The topological polar surface area (TPSA) is 49.8 Å². The van der Waals surface area contributed by atoms with Crippen molar-refractivity contribution in [3.63, 3.8) is 0 Å². The van der Waals surface area contributed by atoms with Crippen LogP contribution < -0.4 is 0 Å². The van der Waals surface area contributed by atoms with E-state index < -0.39 is 0 Å². The monoisotopic (exact) mass is 251 g/mol. The van der Waals surface area contributed by atoms with Crippen molar-refractivity contribution in [3.05, 3.63) is 34.9 Å². The lowest BCUT2D eigenvalue weighted by Gasteiger charge is -2.22. The summed E-state index contributed by atoms with van der Waals surface area (Å²) in [7, 11) is 1.60. The maximum absolute atomic E-state index is 12.4. The van der Waals surface area contributed by atoms with Crippen molar-refractivity contribution in [2.24, 2.45) is 0 Å². The maximum Gasteiger partial charge on any atom is 0.254 e. The predicted molar refractivity (Wildman–Crippen MR) is 70.8 cm³/mol. The zero-order chi connectivity index (χ0) is 13.5. The molecule has 0 heterocycles. The second-order valence-corrected chi connectivity index (χ2v) is 4.26. The molecule has 0 aliphatic carbocycles. The smallest absolute Gasteiger partial charge is 0.254 e. The minimum atomic E-state index is -0.0534. The fourth-order valence-electron chi connectivity index (χ4n) is 1.79. The normalized spacial score (nSPS) is 10.4. The van der Waals surface area contributed by atoms with Crippen LogP contribution in [0, 0.1) is 13.8 Å². The largest absolute Gasteiger partial charge is 0.395 e. The Bertz CT molecular complexity index is 404. The Balaban J connectivity index is 2.90. The van der Waals surface area contributed by atoms with E-state index in [1.165, 1.54) is 0 Å². The van der Waals surface area contributed by atoms with Crippen LogP contribution in [0.3, 0.4) is 0 Å². The highest BCUT2D eigenvalue weighted by Crippen LogP contribution is 2.14. The number of rotatable bonds is 6. The van der Waals surface area contributed by atoms with Crippen LogP contribution in [0.1, 0.15) is 21.5 Å². The quantitative estimate of drug-likeness (QED) is 0.831. The van der Waals surface area contributed by atoms with Crippen molar-refractivity contribution in [1.82, 2.24) is 4.90 Å². The summed E-state index contributed by atoms with van der Waals surface area (Å²) in [6.07, 6.45) is 0. The maximum atomic E-state index is 12.4. The number of aliphatic hydroxyl groups excluding tert-OH is 1. The van der Waals surface area contributed by atoms with Crippen molar-refractivity contribution >= 4 is 5.91 Å². The molecule has 0 radical (unpaired) electrons. The van der Waals surface area contributed by atoms with Gasteiger partial charge in [-0.25, -0.2) is 0 Å². The molecule has 4 nitrogen and oxygen atoms in total. The van der Waals surface area contributed by atoms with Gasteiger partial charge in [0.05, 0.1) is 13.2 Å². The van der Waals surface area contributed by atoms with E-state index in [0.717, 1.165) is 11.1 Å². The predicted octanol–water partition coefficient (Wildman–Crippen LogP) is 1.38. The second-order valence-electron chi connectivity index (χ2n) is 4.26. The van der Waals surface area contributed by atoms with Crippen LogP contribution in [-0.2, 0) is 4.74 Å². The van der Waals surface area contributed by atoms with Gasteiger partial charge in [0.1, 0.15) is 0 Å². The summed E-state index contributed by atoms with van der Waals surface area (Å²) in [5.74, 6) is -0.0534. The van der Waals surface area contributed by atoms with Crippen LogP contribution in [0.2, 0.25) is 0 Å². The summed E-state index contributed by atoms with van der Waals surface area (Å²) < 4.78 is 4.98. The van der Waals surface area contributed by atoms with Crippen molar-refractivity contribution in [1.29, 1.82) is 0 Å². The van der Waals surface area contributed by atoms with Crippen molar-refractivity contribution < 1.29 is 14.6 Å². The minimum absolute atomic E-state index is 0.0414. The van der Waals surface area contributed by atoms with Crippen molar-refractivity contribution in [3.8, 4) is 0 Å². The number of hydrogen-bond acceptors (Lipinski definition) is 3.